The maximum atomic E-state index is 5.68. The Labute approximate surface area is 101 Å². The van der Waals surface area contributed by atoms with E-state index in [0.29, 0.717) is 29.7 Å². The van der Waals surface area contributed by atoms with Crippen LogP contribution in [0.5, 0.6) is 0 Å². The van der Waals surface area contributed by atoms with Crippen LogP contribution >= 0.6 is 0 Å². The molecule has 0 fully saturated rings. The number of nitrogens with two attached hydrogens (primary N) is 1. The van der Waals surface area contributed by atoms with E-state index in [1.54, 1.807) is 6.07 Å². The Morgan fingerprint density at radius 1 is 1.35 bits per heavy atom. The summed E-state index contributed by atoms with van der Waals surface area (Å²) in [6.45, 7) is 6.69. The van der Waals surface area contributed by atoms with Crippen LogP contribution in [0.15, 0.2) is 22.6 Å². The lowest BCUT2D eigenvalue weighted by Gasteiger charge is -2.14. The summed E-state index contributed by atoms with van der Waals surface area (Å²) in [7, 11) is 0. The monoisotopic (exact) mass is 234 g/mol. The van der Waals surface area contributed by atoms with Gasteiger partial charge in [0.15, 0.2) is 5.58 Å². The maximum absolute atomic E-state index is 5.68. The summed E-state index contributed by atoms with van der Waals surface area (Å²) in [5.41, 5.74) is 7.88. The van der Waals surface area contributed by atoms with Crippen molar-refractivity contribution in [2.45, 2.75) is 33.5 Å². The number of ether oxygens (including phenoxy) is 1. The first kappa shape index (κ1) is 11.9. The second-order valence-corrected chi connectivity index (χ2v) is 4.59. The highest BCUT2D eigenvalue weighted by Gasteiger charge is 2.10. The van der Waals surface area contributed by atoms with Crippen molar-refractivity contribution in [2.24, 2.45) is 5.92 Å². The molecule has 1 atom stereocenters. The minimum atomic E-state index is 0.190. The number of anilines is 1. The van der Waals surface area contributed by atoms with Gasteiger partial charge in [-0.1, -0.05) is 13.8 Å². The predicted molar refractivity (Wildman–Crippen MR) is 67.5 cm³/mol. The van der Waals surface area contributed by atoms with Crippen molar-refractivity contribution in [3.8, 4) is 0 Å². The van der Waals surface area contributed by atoms with Crippen LogP contribution in [0.4, 0.5) is 5.69 Å². The summed E-state index contributed by atoms with van der Waals surface area (Å²) in [5.74, 6) is 1.08. The van der Waals surface area contributed by atoms with E-state index in [2.05, 4.69) is 18.8 Å². The van der Waals surface area contributed by atoms with E-state index in [0.717, 1.165) is 5.52 Å². The predicted octanol–water partition coefficient (Wildman–Crippen LogP) is 2.97. The quantitative estimate of drug-likeness (QED) is 0.826. The number of rotatable bonds is 4. The molecule has 0 aliphatic rings. The molecule has 1 heterocycles. The van der Waals surface area contributed by atoms with Crippen LogP contribution in [0.1, 0.15) is 26.7 Å². The van der Waals surface area contributed by atoms with Gasteiger partial charge >= 0.3 is 0 Å². The molecule has 0 radical (unpaired) electrons. The Hall–Kier alpha value is -1.55. The van der Waals surface area contributed by atoms with Crippen LogP contribution in [-0.4, -0.2) is 11.1 Å². The number of fused-ring (bicyclic) bond motifs is 1. The van der Waals surface area contributed by atoms with Gasteiger partial charge in [0.1, 0.15) is 12.1 Å². The molecule has 2 N–H and O–H groups in total. The molecule has 0 aliphatic heterocycles. The Kier molecular flexibility index (Phi) is 3.33. The summed E-state index contributed by atoms with van der Waals surface area (Å²) in [4.78, 5) is 4.34. The van der Waals surface area contributed by atoms with E-state index in [4.69, 9.17) is 14.9 Å². The highest BCUT2D eigenvalue weighted by Crippen LogP contribution is 2.19. The molecule has 17 heavy (non-hydrogen) atoms. The Balaban J connectivity index is 2.09. The first-order valence-corrected chi connectivity index (χ1v) is 5.83. The molecule has 4 nitrogen and oxygen atoms in total. The Morgan fingerprint density at radius 2 is 2.12 bits per heavy atom. The van der Waals surface area contributed by atoms with E-state index in [1.807, 2.05) is 19.1 Å². The third kappa shape index (κ3) is 2.77. The van der Waals surface area contributed by atoms with E-state index in [-0.39, 0.29) is 6.10 Å². The van der Waals surface area contributed by atoms with Crippen LogP contribution in [0, 0.1) is 5.92 Å². The Morgan fingerprint density at radius 3 is 2.82 bits per heavy atom. The van der Waals surface area contributed by atoms with Crippen molar-refractivity contribution >= 4 is 16.8 Å². The van der Waals surface area contributed by atoms with E-state index in [1.165, 1.54) is 0 Å². The van der Waals surface area contributed by atoms with Gasteiger partial charge in [-0.25, -0.2) is 4.98 Å². The van der Waals surface area contributed by atoms with Gasteiger partial charge in [0.2, 0.25) is 5.89 Å². The smallest absolute Gasteiger partial charge is 0.221 e. The molecular weight excluding hydrogens is 216 g/mol. The fourth-order valence-corrected chi connectivity index (χ4v) is 1.45. The first-order chi connectivity index (χ1) is 8.06. The summed E-state index contributed by atoms with van der Waals surface area (Å²) in [6.07, 6.45) is 0.190. The molecule has 0 amide bonds. The average molecular weight is 234 g/mol. The third-order valence-corrected chi connectivity index (χ3v) is 2.87. The molecular formula is C13H18N2O2. The largest absolute Gasteiger partial charge is 0.438 e. The molecule has 0 spiro atoms. The molecule has 92 valence electrons. The van der Waals surface area contributed by atoms with Crippen molar-refractivity contribution in [2.75, 3.05) is 5.73 Å². The number of nitrogen functional groups attached to an aromatic ring is 1. The van der Waals surface area contributed by atoms with Gasteiger partial charge in [-0.05, 0) is 25.0 Å². The molecule has 4 heteroatoms. The SMILES string of the molecule is CC(C)C(C)OCc1nc2ccc(N)cc2o1. The number of aromatic nitrogens is 1. The van der Waals surface area contributed by atoms with Crippen LogP contribution in [0.2, 0.25) is 0 Å². The molecule has 0 aliphatic carbocycles. The lowest BCUT2D eigenvalue weighted by molar-refractivity contribution is 0.0133. The van der Waals surface area contributed by atoms with Crippen molar-refractivity contribution in [1.29, 1.82) is 0 Å². The lowest BCUT2D eigenvalue weighted by atomic mass is 10.1. The standard InChI is InChI=1S/C13H18N2O2/c1-8(2)9(3)16-7-13-15-11-5-4-10(14)6-12(11)17-13/h4-6,8-9H,7,14H2,1-3H3. The van der Waals surface area contributed by atoms with E-state index >= 15 is 0 Å². The normalized spacial score (nSPS) is 13.4. The second-order valence-electron chi connectivity index (χ2n) is 4.59. The summed E-state index contributed by atoms with van der Waals surface area (Å²) >= 11 is 0. The number of hydrogen-bond donors (Lipinski definition) is 1. The average Bonchev–Trinajstić information content (AvgIpc) is 2.67. The van der Waals surface area contributed by atoms with Gasteiger partial charge < -0.3 is 14.9 Å². The molecule has 1 aromatic heterocycles. The van der Waals surface area contributed by atoms with Crippen LogP contribution in [0.25, 0.3) is 11.1 Å². The van der Waals surface area contributed by atoms with Gasteiger partial charge in [0.05, 0.1) is 6.10 Å². The molecule has 0 saturated heterocycles. The van der Waals surface area contributed by atoms with Crippen molar-refractivity contribution in [1.82, 2.24) is 4.98 Å². The third-order valence-electron chi connectivity index (χ3n) is 2.87. The van der Waals surface area contributed by atoms with Gasteiger partial charge in [0, 0.05) is 11.8 Å². The molecule has 0 bridgehead atoms. The van der Waals surface area contributed by atoms with Crippen molar-refractivity contribution in [3.63, 3.8) is 0 Å². The van der Waals surface area contributed by atoms with Crippen LogP contribution in [0.3, 0.4) is 0 Å². The molecule has 1 unspecified atom stereocenters. The zero-order valence-corrected chi connectivity index (χ0v) is 10.4. The summed E-state index contributed by atoms with van der Waals surface area (Å²) < 4.78 is 11.2. The van der Waals surface area contributed by atoms with E-state index < -0.39 is 0 Å². The molecule has 2 aromatic rings. The molecule has 0 saturated carbocycles. The van der Waals surface area contributed by atoms with Crippen LogP contribution < -0.4 is 5.73 Å². The maximum Gasteiger partial charge on any atom is 0.221 e. The second kappa shape index (κ2) is 4.75. The highest BCUT2D eigenvalue weighted by molar-refractivity contribution is 5.76. The fraction of sp³-hybridized carbons (Fsp3) is 0.462. The number of benzene rings is 1. The zero-order valence-electron chi connectivity index (χ0n) is 10.4. The van der Waals surface area contributed by atoms with Gasteiger partial charge in [-0.3, -0.25) is 0 Å². The van der Waals surface area contributed by atoms with Gasteiger partial charge in [-0.2, -0.15) is 0 Å². The summed E-state index contributed by atoms with van der Waals surface area (Å²) in [6, 6.07) is 5.44. The van der Waals surface area contributed by atoms with Gasteiger partial charge in [0.25, 0.3) is 0 Å². The molecule has 1 aromatic carbocycles. The van der Waals surface area contributed by atoms with Gasteiger partial charge in [-0.15, -0.1) is 0 Å². The van der Waals surface area contributed by atoms with E-state index in [9.17, 15) is 0 Å². The fourth-order valence-electron chi connectivity index (χ4n) is 1.45. The lowest BCUT2D eigenvalue weighted by Crippen LogP contribution is -2.15. The first-order valence-electron chi connectivity index (χ1n) is 5.83. The number of hydrogen-bond acceptors (Lipinski definition) is 4. The van der Waals surface area contributed by atoms with Crippen molar-refractivity contribution in [3.05, 3.63) is 24.1 Å². The Bertz CT molecular complexity index is 505. The topological polar surface area (TPSA) is 61.3 Å². The minimum absolute atomic E-state index is 0.190. The zero-order chi connectivity index (χ0) is 12.4. The summed E-state index contributed by atoms with van der Waals surface area (Å²) in [5, 5.41) is 0. The molecule has 2 rings (SSSR count). The minimum Gasteiger partial charge on any atom is -0.438 e. The highest BCUT2D eigenvalue weighted by atomic mass is 16.5. The number of oxazole rings is 1. The van der Waals surface area contributed by atoms with Crippen LogP contribution in [-0.2, 0) is 11.3 Å². The number of nitrogens with zero attached hydrogens (tertiary/aromatic N) is 1. The van der Waals surface area contributed by atoms with Crippen molar-refractivity contribution < 1.29 is 9.15 Å².